The molecule has 4 aliphatic rings. The molecule has 0 aromatic rings. The number of likely N-dealkylation sites (tertiary alicyclic amines) is 2. The summed E-state index contributed by atoms with van der Waals surface area (Å²) in [6.07, 6.45) is 14.7. The Labute approximate surface area is 203 Å². The number of rotatable bonds is 0. The second-order valence-electron chi connectivity index (χ2n) is 8.09. The Morgan fingerprint density at radius 3 is 0.710 bits per heavy atom. The predicted molar refractivity (Wildman–Crippen MR) is 152 cm³/mol. The summed E-state index contributed by atoms with van der Waals surface area (Å²) in [4.78, 5) is 4.61. The van der Waals surface area contributed by atoms with Crippen LogP contribution in [0.1, 0.15) is 141 Å². The van der Waals surface area contributed by atoms with Gasteiger partial charge in [-0.3, -0.25) is 0 Å². The van der Waals surface area contributed by atoms with Gasteiger partial charge in [-0.25, -0.2) is 0 Å². The minimum Gasteiger partial charge on any atom is -0.306 e. The van der Waals surface area contributed by atoms with Crippen molar-refractivity contribution in [1.29, 1.82) is 0 Å². The minimum absolute atomic E-state index is 0. The molecule has 0 radical (unpaired) electrons. The topological polar surface area (TPSA) is 6.48 Å². The highest BCUT2D eigenvalue weighted by Crippen LogP contribution is 2.24. The summed E-state index contributed by atoms with van der Waals surface area (Å²) >= 11 is 0. The zero-order chi connectivity index (χ0) is 24.2. The van der Waals surface area contributed by atoms with Crippen LogP contribution in [0.5, 0.6) is 0 Å². The molecular weight excluding hydrogens is 376 g/mol. The third-order valence-corrected chi connectivity index (χ3v) is 5.45. The maximum atomic E-state index is 2.36. The van der Waals surface area contributed by atoms with E-state index in [4.69, 9.17) is 0 Å². The molecular formula is C29H70N2. The van der Waals surface area contributed by atoms with Crippen LogP contribution in [-0.4, -0.2) is 50.1 Å². The van der Waals surface area contributed by atoms with Crippen LogP contribution in [-0.2, 0) is 0 Å². The van der Waals surface area contributed by atoms with E-state index in [0.29, 0.717) is 0 Å². The Hall–Kier alpha value is -0.0800. The molecule has 2 heterocycles. The molecule has 4 rings (SSSR count). The van der Waals surface area contributed by atoms with E-state index in [2.05, 4.69) is 37.7 Å². The van der Waals surface area contributed by atoms with Crippen LogP contribution in [0.2, 0.25) is 0 Å². The Kier molecular flexibility index (Phi) is 49.5. The zero-order valence-corrected chi connectivity index (χ0v) is 23.9. The van der Waals surface area contributed by atoms with E-state index in [1.807, 2.05) is 55.4 Å². The Morgan fingerprint density at radius 2 is 0.645 bits per heavy atom. The quantitative estimate of drug-likeness (QED) is 0.365. The third kappa shape index (κ3) is 34.7. The van der Waals surface area contributed by atoms with Crippen LogP contribution >= 0.6 is 0 Å². The van der Waals surface area contributed by atoms with Crippen molar-refractivity contribution in [2.45, 2.75) is 141 Å². The average molecular weight is 447 g/mol. The van der Waals surface area contributed by atoms with Crippen molar-refractivity contribution in [2.75, 3.05) is 40.3 Å². The summed E-state index contributed by atoms with van der Waals surface area (Å²) in [5.41, 5.74) is 0. The highest BCUT2D eigenvalue weighted by atomic mass is 15.1. The van der Waals surface area contributed by atoms with E-state index < -0.39 is 0 Å². The lowest BCUT2D eigenvalue weighted by molar-refractivity contribution is 0.229. The van der Waals surface area contributed by atoms with Gasteiger partial charge in [-0.15, -0.1) is 0 Å². The summed E-state index contributed by atoms with van der Waals surface area (Å²) in [6.45, 7) is 25.9. The first-order valence-electron chi connectivity index (χ1n) is 13.9. The summed E-state index contributed by atoms with van der Waals surface area (Å²) in [7, 11) is 4.28. The molecule has 2 nitrogen and oxygen atoms in total. The van der Waals surface area contributed by atoms with Gasteiger partial charge in [0.2, 0.25) is 0 Å². The van der Waals surface area contributed by atoms with Crippen LogP contribution in [0.15, 0.2) is 0 Å². The van der Waals surface area contributed by atoms with E-state index in [1.54, 1.807) is 0 Å². The minimum atomic E-state index is 0. The Balaban J connectivity index is -0.0000000872. The van der Waals surface area contributed by atoms with Gasteiger partial charge in [0.1, 0.15) is 0 Å². The van der Waals surface area contributed by atoms with Crippen molar-refractivity contribution >= 4 is 0 Å². The monoisotopic (exact) mass is 447 g/mol. The van der Waals surface area contributed by atoms with Crippen LogP contribution < -0.4 is 0 Å². The van der Waals surface area contributed by atoms with Crippen molar-refractivity contribution in [3.63, 3.8) is 0 Å². The molecule has 196 valence electrons. The van der Waals surface area contributed by atoms with Gasteiger partial charge in [-0.2, -0.15) is 0 Å². The highest BCUT2D eigenvalue weighted by Gasteiger charge is 2.09. The molecule has 4 fully saturated rings. The van der Waals surface area contributed by atoms with Gasteiger partial charge in [0.05, 0.1) is 0 Å². The first kappa shape index (κ1) is 41.2. The average Bonchev–Trinajstić information content (AvgIpc) is 2.77. The van der Waals surface area contributed by atoms with Gasteiger partial charge >= 0.3 is 0 Å². The molecule has 0 N–H and O–H groups in total. The molecule has 2 saturated carbocycles. The van der Waals surface area contributed by atoms with Crippen molar-refractivity contribution in [3.8, 4) is 0 Å². The normalized spacial score (nSPS) is 19.0. The van der Waals surface area contributed by atoms with Gasteiger partial charge in [0.15, 0.2) is 0 Å². The van der Waals surface area contributed by atoms with Gasteiger partial charge in [0.25, 0.3) is 0 Å². The lowest BCUT2D eigenvalue weighted by atomic mass is 9.88. The zero-order valence-electron chi connectivity index (χ0n) is 23.9. The summed E-state index contributed by atoms with van der Waals surface area (Å²) in [5.74, 6) is 2.10. The van der Waals surface area contributed by atoms with Gasteiger partial charge < -0.3 is 9.80 Å². The predicted octanol–water partition coefficient (Wildman–Crippen LogP) is 9.78. The van der Waals surface area contributed by atoms with E-state index in [0.717, 1.165) is 11.8 Å². The Bertz CT molecular complexity index is 209. The second kappa shape index (κ2) is 37.2. The first-order valence-corrected chi connectivity index (χ1v) is 13.9. The van der Waals surface area contributed by atoms with Gasteiger partial charge in [0, 0.05) is 0 Å². The van der Waals surface area contributed by atoms with E-state index >= 15 is 0 Å². The summed E-state index contributed by atoms with van der Waals surface area (Å²) in [6, 6.07) is 0. The largest absolute Gasteiger partial charge is 0.306 e. The molecule has 2 aliphatic carbocycles. The summed E-state index contributed by atoms with van der Waals surface area (Å²) in [5, 5.41) is 0. The summed E-state index contributed by atoms with van der Waals surface area (Å²) < 4.78 is 0. The molecule has 31 heavy (non-hydrogen) atoms. The molecule has 0 atom stereocenters. The van der Waals surface area contributed by atoms with Crippen molar-refractivity contribution in [2.24, 2.45) is 11.8 Å². The van der Waals surface area contributed by atoms with Crippen molar-refractivity contribution < 1.29 is 0 Å². The Morgan fingerprint density at radius 1 is 0.419 bits per heavy atom. The lowest BCUT2D eigenvalue weighted by Gasteiger charge is -2.24. The molecule has 0 unspecified atom stereocenters. The van der Waals surface area contributed by atoms with Crippen LogP contribution in [0.3, 0.4) is 0 Å². The molecule has 2 aliphatic heterocycles. The lowest BCUT2D eigenvalue weighted by Crippen LogP contribution is -2.32. The SMILES string of the molecule is C.CC.CC.CC.CC.CC1CCC1.CC1CCCCC1.CN1CCC1.CN1CCC1. The second-order valence-corrected chi connectivity index (χ2v) is 8.09. The van der Waals surface area contributed by atoms with E-state index in [1.165, 1.54) is 90.4 Å². The van der Waals surface area contributed by atoms with E-state index in [9.17, 15) is 0 Å². The maximum Gasteiger partial charge on any atom is -0.000959 e. The van der Waals surface area contributed by atoms with Crippen molar-refractivity contribution in [1.82, 2.24) is 9.80 Å². The number of hydrogen-bond acceptors (Lipinski definition) is 2. The fourth-order valence-electron chi connectivity index (χ4n) is 2.87. The van der Waals surface area contributed by atoms with Crippen molar-refractivity contribution in [3.05, 3.63) is 0 Å². The molecule has 2 saturated heterocycles. The molecule has 0 aromatic carbocycles. The number of nitrogens with zero attached hydrogens (tertiary/aromatic N) is 2. The molecule has 0 aromatic heterocycles. The first-order chi connectivity index (χ1) is 14.6. The van der Waals surface area contributed by atoms with Crippen LogP contribution in [0.25, 0.3) is 0 Å². The third-order valence-electron chi connectivity index (χ3n) is 5.45. The molecule has 0 bridgehead atoms. The van der Waals surface area contributed by atoms with Gasteiger partial charge in [-0.05, 0) is 65.0 Å². The number of hydrogen-bond donors (Lipinski definition) is 0. The maximum absolute atomic E-state index is 2.36. The smallest absolute Gasteiger partial charge is 0.000959 e. The fourth-order valence-corrected chi connectivity index (χ4v) is 2.87. The molecule has 2 heteroatoms. The van der Waals surface area contributed by atoms with Crippen LogP contribution in [0, 0.1) is 11.8 Å². The molecule has 0 amide bonds. The van der Waals surface area contributed by atoms with E-state index in [-0.39, 0.29) is 7.43 Å². The van der Waals surface area contributed by atoms with Gasteiger partial charge in [-0.1, -0.05) is 128 Å². The van der Waals surface area contributed by atoms with Crippen LogP contribution in [0.4, 0.5) is 0 Å². The highest BCUT2D eigenvalue weighted by molar-refractivity contribution is 4.63. The standard InChI is InChI=1S/C7H14.C5H10.2C4H9N.4C2H6.CH4/c1-7-5-3-2-4-6-7;3*1-5-3-2-4-5;4*1-2;/h7H,2-6H2,1H3;5H,2-4H2,1H3;2*2-4H2,1H3;4*1-2H3;1H4. The molecule has 0 spiro atoms. The fraction of sp³-hybridized carbons (Fsp3) is 1.00.